The monoisotopic (exact) mass is 463 g/mol. The van der Waals surface area contributed by atoms with E-state index < -0.39 is 15.9 Å². The summed E-state index contributed by atoms with van der Waals surface area (Å²) in [7, 11) is -2.39. The van der Waals surface area contributed by atoms with Gasteiger partial charge in [-0.3, -0.25) is 14.7 Å². The van der Waals surface area contributed by atoms with Gasteiger partial charge >= 0.3 is 0 Å². The molecule has 2 aromatic carbocycles. The van der Waals surface area contributed by atoms with Crippen LogP contribution in [0.25, 0.3) is 6.08 Å². The topological polar surface area (TPSA) is 70.1 Å². The number of nitrogens with zero attached hydrogens (tertiary/aromatic N) is 3. The van der Waals surface area contributed by atoms with Gasteiger partial charge in [-0.1, -0.05) is 53.7 Å². The third-order valence-corrected chi connectivity index (χ3v) is 7.26. The maximum Gasteiger partial charge on any atom is 0.248 e. The van der Waals surface area contributed by atoms with Crippen molar-refractivity contribution in [2.45, 2.75) is 13.0 Å². The molecule has 0 fully saturated rings. The highest BCUT2D eigenvalue weighted by atomic mass is 35.5. The normalized spacial score (nSPS) is 16.8. The molecule has 0 aliphatic carbocycles. The molecule has 1 heterocycles. The van der Waals surface area contributed by atoms with Crippen LogP contribution in [0, 0.1) is 0 Å². The Balaban J connectivity index is 1.80. The van der Waals surface area contributed by atoms with E-state index in [1.165, 1.54) is 29.8 Å². The molecule has 1 unspecified atom stereocenters. The van der Waals surface area contributed by atoms with E-state index >= 15 is 0 Å². The third-order valence-electron chi connectivity index (χ3n) is 4.33. The summed E-state index contributed by atoms with van der Waals surface area (Å²) in [5.41, 5.74) is 1.35. The Bertz CT molecular complexity index is 1050. The van der Waals surface area contributed by atoms with Crippen LogP contribution in [0.2, 0.25) is 5.02 Å². The highest BCUT2D eigenvalue weighted by molar-refractivity contribution is 8.14. The number of amidine groups is 1. The van der Waals surface area contributed by atoms with Crippen LogP contribution < -0.4 is 4.90 Å². The number of hydrogen-bond donors (Lipinski definition) is 0. The highest BCUT2D eigenvalue weighted by Crippen LogP contribution is 2.27. The van der Waals surface area contributed by atoms with Gasteiger partial charge in [0.15, 0.2) is 5.17 Å². The summed E-state index contributed by atoms with van der Waals surface area (Å²) in [6.45, 7) is 1.65. The Kier molecular flexibility index (Phi) is 7.36. The first-order chi connectivity index (χ1) is 14.3. The molecule has 0 saturated heterocycles. The van der Waals surface area contributed by atoms with E-state index in [0.29, 0.717) is 15.9 Å². The molecule has 1 amide bonds. The van der Waals surface area contributed by atoms with Gasteiger partial charge in [-0.2, -0.15) is 4.31 Å². The molecular weight excluding hydrogens is 442 g/mol. The zero-order valence-corrected chi connectivity index (χ0v) is 19.0. The molecule has 0 saturated carbocycles. The molecule has 30 heavy (non-hydrogen) atoms. The zero-order valence-electron chi connectivity index (χ0n) is 16.6. The Morgan fingerprint density at radius 3 is 2.47 bits per heavy atom. The van der Waals surface area contributed by atoms with Gasteiger partial charge in [0.05, 0.1) is 18.3 Å². The van der Waals surface area contributed by atoms with Crippen LogP contribution in [0.5, 0.6) is 0 Å². The predicted molar refractivity (Wildman–Crippen MR) is 125 cm³/mol. The number of sulfonamides is 1. The van der Waals surface area contributed by atoms with Crippen LogP contribution in [-0.2, 0) is 14.8 Å². The number of hydrogen-bond acceptors (Lipinski definition) is 5. The van der Waals surface area contributed by atoms with Gasteiger partial charge in [0.2, 0.25) is 15.9 Å². The van der Waals surface area contributed by atoms with Gasteiger partial charge in [-0.25, -0.2) is 8.42 Å². The number of halogens is 1. The fraction of sp³-hybridized carbons (Fsp3) is 0.238. The first-order valence-electron chi connectivity index (χ1n) is 9.25. The summed E-state index contributed by atoms with van der Waals surface area (Å²) in [5.74, 6) is 0.373. The van der Waals surface area contributed by atoms with E-state index in [0.717, 1.165) is 21.0 Å². The summed E-state index contributed by atoms with van der Waals surface area (Å²) in [6, 6.07) is 16.0. The van der Waals surface area contributed by atoms with E-state index in [-0.39, 0.29) is 12.6 Å². The Morgan fingerprint density at radius 1 is 1.20 bits per heavy atom. The number of rotatable bonds is 6. The van der Waals surface area contributed by atoms with Crippen molar-refractivity contribution in [2.75, 3.05) is 24.2 Å². The predicted octanol–water partition coefficient (Wildman–Crippen LogP) is 4.10. The largest absolute Gasteiger partial charge is 0.273 e. The lowest BCUT2D eigenvalue weighted by molar-refractivity contribution is -0.117. The minimum atomic E-state index is -3.77. The number of thioether (sulfide) groups is 1. The number of likely N-dealkylation sites (N-methyl/N-ethyl adjacent to an activating group) is 1. The second-order valence-electron chi connectivity index (χ2n) is 6.79. The average Bonchev–Trinajstić information content (AvgIpc) is 3.14. The van der Waals surface area contributed by atoms with Crippen molar-refractivity contribution in [3.63, 3.8) is 0 Å². The van der Waals surface area contributed by atoms with Crippen LogP contribution in [-0.4, -0.2) is 49.2 Å². The number of anilines is 1. The summed E-state index contributed by atoms with van der Waals surface area (Å²) >= 11 is 7.44. The zero-order chi connectivity index (χ0) is 21.7. The lowest BCUT2D eigenvalue weighted by Gasteiger charge is -2.24. The summed E-state index contributed by atoms with van der Waals surface area (Å²) in [4.78, 5) is 19.1. The number of aliphatic imine (C=N–C) groups is 1. The molecule has 2 aromatic rings. The van der Waals surface area contributed by atoms with Crippen molar-refractivity contribution in [1.82, 2.24) is 4.31 Å². The van der Waals surface area contributed by atoms with Gasteiger partial charge < -0.3 is 0 Å². The van der Waals surface area contributed by atoms with Gasteiger partial charge in [0.25, 0.3) is 0 Å². The van der Waals surface area contributed by atoms with Crippen LogP contribution >= 0.6 is 23.4 Å². The van der Waals surface area contributed by atoms with Crippen molar-refractivity contribution in [1.29, 1.82) is 0 Å². The number of amides is 1. The third kappa shape index (κ3) is 5.72. The van der Waals surface area contributed by atoms with E-state index in [1.54, 1.807) is 36.4 Å². The quantitative estimate of drug-likeness (QED) is 0.646. The van der Waals surface area contributed by atoms with Crippen molar-refractivity contribution >= 4 is 56.2 Å². The molecule has 158 valence electrons. The van der Waals surface area contributed by atoms with Gasteiger partial charge in [-0.05, 0) is 42.8 Å². The number of carbonyl (C=O) groups is 1. The molecule has 6 nitrogen and oxygen atoms in total. The lowest BCUT2D eigenvalue weighted by atomic mass is 10.2. The van der Waals surface area contributed by atoms with Crippen LogP contribution in [0.3, 0.4) is 0 Å². The first kappa shape index (κ1) is 22.6. The molecule has 1 atom stereocenters. The summed E-state index contributed by atoms with van der Waals surface area (Å²) < 4.78 is 26.3. The van der Waals surface area contributed by atoms with E-state index in [2.05, 4.69) is 4.99 Å². The molecule has 0 N–H and O–H groups in total. The van der Waals surface area contributed by atoms with Gasteiger partial charge in [0, 0.05) is 23.2 Å². The second kappa shape index (κ2) is 9.78. The van der Waals surface area contributed by atoms with Crippen LogP contribution in [0.1, 0.15) is 12.5 Å². The van der Waals surface area contributed by atoms with Crippen LogP contribution in [0.15, 0.2) is 65.0 Å². The molecule has 1 aliphatic heterocycles. The van der Waals surface area contributed by atoms with Crippen molar-refractivity contribution in [3.05, 3.63) is 70.6 Å². The molecule has 0 aromatic heterocycles. The minimum Gasteiger partial charge on any atom is -0.273 e. The minimum absolute atomic E-state index is 0.0860. The van der Waals surface area contributed by atoms with E-state index in [9.17, 15) is 13.2 Å². The van der Waals surface area contributed by atoms with Crippen LogP contribution in [0.4, 0.5) is 5.69 Å². The average molecular weight is 464 g/mol. The maximum absolute atomic E-state index is 13.1. The summed E-state index contributed by atoms with van der Waals surface area (Å²) in [5, 5.41) is 2.21. The molecule has 3 rings (SSSR count). The summed E-state index contributed by atoms with van der Waals surface area (Å²) in [6.07, 6.45) is 1.51. The second-order valence-corrected chi connectivity index (χ2v) is 10.1. The first-order valence-corrected chi connectivity index (χ1v) is 12.1. The molecule has 0 radical (unpaired) electrons. The van der Waals surface area contributed by atoms with Crippen molar-refractivity contribution in [3.8, 4) is 0 Å². The highest BCUT2D eigenvalue weighted by Gasteiger charge is 2.29. The SMILES string of the molecule is CC1CSC(N(C(=O)CN(C)S(=O)(=O)C=Cc2ccccc2)c2ccc(Cl)cc2)=N1. The molecule has 1 aliphatic rings. The lowest BCUT2D eigenvalue weighted by Crippen LogP contribution is -2.42. The molecule has 0 spiro atoms. The number of carbonyl (C=O) groups excluding carboxylic acids is 1. The standard InChI is InChI=1S/C21H22ClN3O3S2/c1-16-15-29-21(23-16)25(19-10-8-18(22)9-11-19)20(26)14-24(2)30(27,28)13-12-17-6-4-3-5-7-17/h3-13,16H,14-15H2,1-2H3. The molecular formula is C21H22ClN3O3S2. The fourth-order valence-electron chi connectivity index (χ4n) is 2.72. The van der Waals surface area contributed by atoms with E-state index in [4.69, 9.17) is 11.6 Å². The smallest absolute Gasteiger partial charge is 0.248 e. The van der Waals surface area contributed by atoms with Gasteiger partial charge in [0.1, 0.15) is 0 Å². The number of benzene rings is 2. The van der Waals surface area contributed by atoms with E-state index in [1.807, 2.05) is 25.1 Å². The molecule has 9 heteroatoms. The van der Waals surface area contributed by atoms with Gasteiger partial charge in [-0.15, -0.1) is 0 Å². The Labute approximate surface area is 186 Å². The fourth-order valence-corrected chi connectivity index (χ4v) is 4.72. The maximum atomic E-state index is 13.1. The van der Waals surface area contributed by atoms with Crippen molar-refractivity contribution in [2.24, 2.45) is 4.99 Å². The molecule has 0 bridgehead atoms. The van der Waals surface area contributed by atoms with Crippen molar-refractivity contribution < 1.29 is 13.2 Å². The Morgan fingerprint density at radius 2 is 1.87 bits per heavy atom. The Hall–Kier alpha value is -2.13.